The van der Waals surface area contributed by atoms with Gasteiger partial charge in [0.15, 0.2) is 18.2 Å². The van der Waals surface area contributed by atoms with Crippen LogP contribution in [0.15, 0.2) is 52.0 Å². The van der Waals surface area contributed by atoms with Gasteiger partial charge in [0.1, 0.15) is 0 Å². The Bertz CT molecular complexity index is 1460. The lowest BCUT2D eigenvalue weighted by Crippen LogP contribution is -2.30. The maximum Gasteiger partial charge on any atom is 0.259 e. The van der Waals surface area contributed by atoms with Crippen molar-refractivity contribution in [2.75, 3.05) is 0 Å². The molecule has 0 saturated carbocycles. The van der Waals surface area contributed by atoms with E-state index in [9.17, 15) is 14.0 Å². The van der Waals surface area contributed by atoms with E-state index in [0.29, 0.717) is 39.3 Å². The summed E-state index contributed by atoms with van der Waals surface area (Å²) >= 11 is 9.64. The van der Waals surface area contributed by atoms with Crippen LogP contribution < -0.4 is 5.56 Å². The van der Waals surface area contributed by atoms with E-state index in [1.54, 1.807) is 37.6 Å². The molecule has 0 aliphatic carbocycles. The Labute approximate surface area is 208 Å². The summed E-state index contributed by atoms with van der Waals surface area (Å²) in [4.78, 5) is 25.9. The summed E-state index contributed by atoms with van der Waals surface area (Å²) in [7, 11) is 1.57. The van der Waals surface area contributed by atoms with Crippen LogP contribution >= 0.6 is 27.5 Å². The van der Waals surface area contributed by atoms with E-state index in [-0.39, 0.29) is 20.7 Å². The average molecular weight is 547 g/mol. The second-order valence-corrected chi connectivity index (χ2v) is 10.1. The molecule has 0 saturated heterocycles. The summed E-state index contributed by atoms with van der Waals surface area (Å²) in [5, 5.41) is 7.53. The minimum absolute atomic E-state index is 0.135. The smallest absolute Gasteiger partial charge is 0.259 e. The van der Waals surface area contributed by atoms with Crippen LogP contribution in [0.5, 0.6) is 0 Å². The van der Waals surface area contributed by atoms with E-state index in [1.807, 2.05) is 26.8 Å². The van der Waals surface area contributed by atoms with Crippen molar-refractivity contribution in [3.05, 3.63) is 74.1 Å². The zero-order valence-electron chi connectivity index (χ0n) is 18.9. The standard InChI is InChI=1S/C25H22BrClFN3O3/c1-25(2,3)34-18(12-32)23-19(16-8-9-17(26)22(28)21(16)27)15-7-5-6-14(13-10-29-30-11-13)20(15)24(33)31(23)4/h5-12,18H,1-4H3,(H,29,30)/t18-/m0/s1. The Morgan fingerprint density at radius 2 is 1.97 bits per heavy atom. The lowest BCUT2D eigenvalue weighted by atomic mass is 9.91. The number of halogens is 3. The van der Waals surface area contributed by atoms with Crippen LogP contribution in [0.3, 0.4) is 0 Å². The van der Waals surface area contributed by atoms with Crippen LogP contribution in [-0.4, -0.2) is 26.7 Å². The highest BCUT2D eigenvalue weighted by atomic mass is 79.9. The zero-order chi connectivity index (χ0) is 24.8. The fourth-order valence-corrected chi connectivity index (χ4v) is 4.78. The third-order valence-electron chi connectivity index (χ3n) is 5.46. The van der Waals surface area contributed by atoms with Crippen LogP contribution in [0.1, 0.15) is 32.6 Å². The summed E-state index contributed by atoms with van der Waals surface area (Å²) in [5.74, 6) is -0.641. The number of hydrogen-bond acceptors (Lipinski definition) is 4. The number of aromatic amines is 1. The average Bonchev–Trinajstić information content (AvgIpc) is 3.33. The molecular weight excluding hydrogens is 525 g/mol. The predicted octanol–water partition coefficient (Wildman–Crippen LogP) is 6.21. The monoisotopic (exact) mass is 545 g/mol. The molecule has 0 fully saturated rings. The summed E-state index contributed by atoms with van der Waals surface area (Å²) < 4.78 is 22.5. The van der Waals surface area contributed by atoms with E-state index in [2.05, 4.69) is 26.1 Å². The molecule has 0 radical (unpaired) electrons. The molecule has 1 atom stereocenters. The molecule has 0 amide bonds. The number of ether oxygens (including phenoxy) is 1. The summed E-state index contributed by atoms with van der Waals surface area (Å²) in [6.07, 6.45) is 2.84. The maximum absolute atomic E-state index is 14.9. The van der Waals surface area contributed by atoms with Crippen molar-refractivity contribution in [2.24, 2.45) is 7.05 Å². The second-order valence-electron chi connectivity index (χ2n) is 8.85. The van der Waals surface area contributed by atoms with Gasteiger partial charge in [-0.05, 0) is 53.7 Å². The highest BCUT2D eigenvalue weighted by Crippen LogP contribution is 2.42. The molecule has 176 valence electrons. The lowest BCUT2D eigenvalue weighted by molar-refractivity contribution is -0.129. The van der Waals surface area contributed by atoms with Crippen molar-refractivity contribution in [1.82, 2.24) is 14.8 Å². The Balaban J connectivity index is 2.21. The molecule has 6 nitrogen and oxygen atoms in total. The quantitative estimate of drug-likeness (QED) is 0.239. The van der Waals surface area contributed by atoms with Crippen molar-refractivity contribution >= 4 is 44.6 Å². The number of rotatable bonds is 5. The van der Waals surface area contributed by atoms with Crippen molar-refractivity contribution in [2.45, 2.75) is 32.5 Å². The van der Waals surface area contributed by atoms with Crippen molar-refractivity contribution in [3.63, 3.8) is 0 Å². The van der Waals surface area contributed by atoms with Gasteiger partial charge in [-0.1, -0.05) is 35.9 Å². The van der Waals surface area contributed by atoms with Crippen molar-refractivity contribution in [1.29, 1.82) is 0 Å². The molecule has 2 aromatic heterocycles. The molecule has 34 heavy (non-hydrogen) atoms. The van der Waals surface area contributed by atoms with E-state index in [4.69, 9.17) is 16.3 Å². The number of nitrogens with one attached hydrogen (secondary N) is 1. The van der Waals surface area contributed by atoms with Gasteiger partial charge >= 0.3 is 0 Å². The van der Waals surface area contributed by atoms with Gasteiger partial charge in [-0.2, -0.15) is 5.10 Å². The number of aldehydes is 1. The third kappa shape index (κ3) is 4.21. The van der Waals surface area contributed by atoms with Crippen LogP contribution in [0.2, 0.25) is 5.02 Å². The number of carbonyl (C=O) groups is 1. The molecule has 4 aromatic rings. The molecule has 0 aliphatic heterocycles. The van der Waals surface area contributed by atoms with Crippen LogP contribution in [0.25, 0.3) is 33.0 Å². The van der Waals surface area contributed by atoms with Gasteiger partial charge in [-0.3, -0.25) is 9.89 Å². The molecule has 0 bridgehead atoms. The number of benzene rings is 2. The van der Waals surface area contributed by atoms with E-state index < -0.39 is 17.5 Å². The first-order valence-corrected chi connectivity index (χ1v) is 11.6. The Hall–Kier alpha value is -2.81. The largest absolute Gasteiger partial charge is 0.359 e. The Kier molecular flexibility index (Phi) is 6.50. The molecule has 0 aliphatic rings. The number of nitrogens with zero attached hydrogens (tertiary/aromatic N) is 2. The molecular formula is C25H22BrClFN3O3. The number of aromatic nitrogens is 3. The van der Waals surface area contributed by atoms with E-state index >= 15 is 0 Å². The van der Waals surface area contributed by atoms with Gasteiger partial charge in [0.25, 0.3) is 5.56 Å². The topological polar surface area (TPSA) is 77.0 Å². The van der Waals surface area contributed by atoms with Crippen LogP contribution in [0, 0.1) is 5.82 Å². The first-order valence-electron chi connectivity index (χ1n) is 10.5. The number of hydrogen-bond donors (Lipinski definition) is 1. The summed E-state index contributed by atoms with van der Waals surface area (Å²) in [6.45, 7) is 5.43. The van der Waals surface area contributed by atoms with Gasteiger partial charge in [-0.15, -0.1) is 0 Å². The van der Waals surface area contributed by atoms with Gasteiger partial charge in [0.2, 0.25) is 0 Å². The number of pyridine rings is 1. The molecule has 2 heterocycles. The molecule has 2 aromatic carbocycles. The SMILES string of the molecule is Cn1c([C@H](C=O)OC(C)(C)C)c(-c2ccc(Br)c(F)c2Cl)c2cccc(-c3cn[nH]c3)c2c1=O. The van der Waals surface area contributed by atoms with Gasteiger partial charge in [0.05, 0.1) is 32.4 Å². The van der Waals surface area contributed by atoms with Crippen molar-refractivity contribution < 1.29 is 13.9 Å². The van der Waals surface area contributed by atoms with E-state index in [0.717, 1.165) is 0 Å². The number of carbonyl (C=O) groups excluding carboxylic acids is 1. The first-order chi connectivity index (χ1) is 16.0. The van der Waals surface area contributed by atoms with E-state index in [1.165, 1.54) is 10.6 Å². The first kappa shape index (κ1) is 24.3. The normalized spacial score (nSPS) is 12.8. The van der Waals surface area contributed by atoms with Gasteiger partial charge < -0.3 is 14.1 Å². The maximum atomic E-state index is 14.9. The highest BCUT2D eigenvalue weighted by molar-refractivity contribution is 9.10. The van der Waals surface area contributed by atoms with Crippen molar-refractivity contribution in [3.8, 4) is 22.3 Å². The minimum Gasteiger partial charge on any atom is -0.359 e. The molecule has 9 heteroatoms. The predicted molar refractivity (Wildman–Crippen MR) is 135 cm³/mol. The third-order valence-corrected chi connectivity index (χ3v) is 6.44. The molecule has 0 spiro atoms. The fraction of sp³-hybridized carbons (Fsp3) is 0.240. The van der Waals surface area contributed by atoms with Gasteiger partial charge in [-0.25, -0.2) is 4.39 Å². The Morgan fingerprint density at radius 1 is 1.24 bits per heavy atom. The summed E-state index contributed by atoms with van der Waals surface area (Å²) in [5.41, 5.74) is 1.41. The minimum atomic E-state index is -1.10. The number of H-pyrrole nitrogens is 1. The Morgan fingerprint density at radius 3 is 2.59 bits per heavy atom. The lowest BCUT2D eigenvalue weighted by Gasteiger charge is -2.28. The second kappa shape index (κ2) is 9.09. The zero-order valence-corrected chi connectivity index (χ0v) is 21.3. The molecule has 1 N–H and O–H groups in total. The van der Waals surface area contributed by atoms with Gasteiger partial charge in [0, 0.05) is 29.9 Å². The van der Waals surface area contributed by atoms with Crippen LogP contribution in [0.4, 0.5) is 4.39 Å². The fourth-order valence-electron chi connectivity index (χ4n) is 4.08. The van der Waals surface area contributed by atoms with Crippen LogP contribution in [-0.2, 0) is 16.6 Å². The highest BCUT2D eigenvalue weighted by Gasteiger charge is 2.30. The number of fused-ring (bicyclic) bond motifs is 1. The molecule has 4 rings (SSSR count). The summed E-state index contributed by atoms with van der Waals surface area (Å²) in [6, 6.07) is 8.56. The molecule has 0 unspecified atom stereocenters.